The fourth-order valence-corrected chi connectivity index (χ4v) is 2.98. The van der Waals surface area contributed by atoms with Gasteiger partial charge in [0.15, 0.2) is 0 Å². The van der Waals surface area contributed by atoms with E-state index < -0.39 is 23.1 Å². The van der Waals surface area contributed by atoms with Crippen molar-refractivity contribution in [2.75, 3.05) is 0 Å². The highest BCUT2D eigenvalue weighted by molar-refractivity contribution is 5.26. The smallest absolute Gasteiger partial charge is 0.247 e. The molecule has 6 nitrogen and oxygen atoms in total. The van der Waals surface area contributed by atoms with E-state index >= 15 is 0 Å². The lowest BCUT2D eigenvalue weighted by Crippen LogP contribution is -2.55. The first-order chi connectivity index (χ1) is 12.5. The molecular weight excluding hydrogens is 330 g/mol. The first-order valence-electron chi connectivity index (χ1n) is 8.70. The van der Waals surface area contributed by atoms with Gasteiger partial charge in [-0.25, -0.2) is 28.1 Å². The van der Waals surface area contributed by atoms with Crippen LogP contribution < -0.4 is 17.1 Å². The summed E-state index contributed by atoms with van der Waals surface area (Å²) < 4.78 is 3.28. The Hall–Kier alpha value is -2.89. The minimum Gasteiger partial charge on any atom is -0.247 e. The predicted molar refractivity (Wildman–Crippen MR) is 104 cm³/mol. The molecule has 1 heterocycles. The summed E-state index contributed by atoms with van der Waals surface area (Å²) in [7, 11) is 0. The third-order valence-electron chi connectivity index (χ3n) is 4.39. The second-order valence-electron chi connectivity index (χ2n) is 6.20. The van der Waals surface area contributed by atoms with Gasteiger partial charge >= 0.3 is 17.1 Å². The second kappa shape index (κ2) is 8.47. The van der Waals surface area contributed by atoms with Crippen LogP contribution in [0.1, 0.15) is 30.5 Å². The highest BCUT2D eigenvalue weighted by Crippen LogP contribution is 2.16. The third kappa shape index (κ3) is 3.69. The molecule has 138 valence electrons. The molecule has 2 rings (SSSR count). The van der Waals surface area contributed by atoms with Crippen molar-refractivity contribution in [3.63, 3.8) is 0 Å². The van der Waals surface area contributed by atoms with E-state index in [1.807, 2.05) is 38.1 Å². The van der Waals surface area contributed by atoms with Crippen LogP contribution in [0.4, 0.5) is 0 Å². The van der Waals surface area contributed by atoms with Crippen molar-refractivity contribution in [3.05, 3.63) is 92.2 Å². The van der Waals surface area contributed by atoms with E-state index in [9.17, 15) is 14.4 Å². The van der Waals surface area contributed by atoms with Gasteiger partial charge in [-0.2, -0.15) is 0 Å². The molecule has 0 saturated carbocycles. The first-order valence-corrected chi connectivity index (χ1v) is 8.70. The quantitative estimate of drug-likeness (QED) is 0.681. The van der Waals surface area contributed by atoms with Gasteiger partial charge in [-0.3, -0.25) is 0 Å². The maximum absolute atomic E-state index is 12.9. The fourth-order valence-electron chi connectivity index (χ4n) is 2.98. The molecule has 0 aliphatic rings. The lowest BCUT2D eigenvalue weighted by Gasteiger charge is -2.19. The zero-order chi connectivity index (χ0) is 19.3. The SMILES string of the molecule is C=CCn1c(=O)n(CCC)c(=O)n(C(C=C)Cc2ccccc2C)c1=O. The number of nitrogens with zero attached hydrogens (tertiary/aromatic N) is 3. The van der Waals surface area contributed by atoms with E-state index in [-0.39, 0.29) is 13.1 Å². The summed E-state index contributed by atoms with van der Waals surface area (Å²) in [6.07, 6.45) is 4.11. The van der Waals surface area contributed by atoms with Crippen molar-refractivity contribution < 1.29 is 0 Å². The van der Waals surface area contributed by atoms with Gasteiger partial charge in [0.25, 0.3) is 0 Å². The van der Waals surface area contributed by atoms with E-state index in [2.05, 4.69) is 13.2 Å². The molecule has 0 N–H and O–H groups in total. The van der Waals surface area contributed by atoms with Crippen LogP contribution in [0, 0.1) is 6.92 Å². The van der Waals surface area contributed by atoms with Crippen LogP contribution >= 0.6 is 0 Å². The molecular formula is C20H25N3O3. The Kier molecular flexibility index (Phi) is 6.33. The number of allylic oxidation sites excluding steroid dienone is 2. The highest BCUT2D eigenvalue weighted by atomic mass is 16.2. The molecule has 1 unspecified atom stereocenters. The molecule has 0 aliphatic carbocycles. The monoisotopic (exact) mass is 355 g/mol. The maximum Gasteiger partial charge on any atom is 0.337 e. The van der Waals surface area contributed by atoms with Crippen molar-refractivity contribution in [2.45, 2.75) is 45.8 Å². The van der Waals surface area contributed by atoms with E-state index in [4.69, 9.17) is 0 Å². The number of hydrogen-bond donors (Lipinski definition) is 0. The van der Waals surface area contributed by atoms with Crippen molar-refractivity contribution in [1.29, 1.82) is 0 Å². The highest BCUT2D eigenvalue weighted by Gasteiger charge is 2.20. The molecule has 1 atom stereocenters. The lowest BCUT2D eigenvalue weighted by molar-refractivity contribution is 0.431. The molecule has 0 saturated heterocycles. The standard InChI is InChI=1S/C20H25N3O3/c1-5-12-21-18(24)22(13-6-2)20(26)23(19(21)25)17(7-3)14-16-11-9-8-10-15(16)4/h5,7-11,17H,1,3,6,12-14H2,2,4H3. The summed E-state index contributed by atoms with van der Waals surface area (Å²) in [6, 6.07) is 7.25. The molecule has 0 amide bonds. The number of hydrogen-bond acceptors (Lipinski definition) is 3. The number of aromatic nitrogens is 3. The summed E-state index contributed by atoms with van der Waals surface area (Å²) in [4.78, 5) is 38.2. The Labute approximate surface area is 152 Å². The van der Waals surface area contributed by atoms with Crippen molar-refractivity contribution in [2.24, 2.45) is 0 Å². The lowest BCUT2D eigenvalue weighted by atomic mass is 10.0. The zero-order valence-corrected chi connectivity index (χ0v) is 15.4. The molecule has 1 aromatic heterocycles. The van der Waals surface area contributed by atoms with Gasteiger partial charge in [-0.15, -0.1) is 13.2 Å². The Morgan fingerprint density at radius 1 is 1.04 bits per heavy atom. The summed E-state index contributed by atoms with van der Waals surface area (Å²) >= 11 is 0. The van der Waals surface area contributed by atoms with Crippen LogP contribution in [-0.4, -0.2) is 13.7 Å². The maximum atomic E-state index is 12.9. The van der Waals surface area contributed by atoms with Crippen LogP contribution in [0.3, 0.4) is 0 Å². The van der Waals surface area contributed by atoms with Gasteiger partial charge in [0.05, 0.1) is 12.6 Å². The Morgan fingerprint density at radius 2 is 1.69 bits per heavy atom. The Balaban J connectivity index is 2.69. The van der Waals surface area contributed by atoms with Crippen LogP contribution in [-0.2, 0) is 19.5 Å². The number of benzene rings is 1. The Bertz CT molecular complexity index is 979. The van der Waals surface area contributed by atoms with E-state index in [0.29, 0.717) is 12.8 Å². The van der Waals surface area contributed by atoms with Crippen LogP contribution in [0.2, 0.25) is 0 Å². The van der Waals surface area contributed by atoms with Gasteiger partial charge in [0.1, 0.15) is 0 Å². The van der Waals surface area contributed by atoms with E-state index in [1.54, 1.807) is 6.08 Å². The van der Waals surface area contributed by atoms with Crippen LogP contribution in [0.5, 0.6) is 0 Å². The second-order valence-corrected chi connectivity index (χ2v) is 6.20. The van der Waals surface area contributed by atoms with E-state index in [0.717, 1.165) is 24.8 Å². The van der Waals surface area contributed by atoms with Gasteiger partial charge in [0.2, 0.25) is 0 Å². The molecule has 0 aliphatic heterocycles. The van der Waals surface area contributed by atoms with Gasteiger partial charge in [-0.1, -0.05) is 43.3 Å². The van der Waals surface area contributed by atoms with Gasteiger partial charge in [-0.05, 0) is 30.9 Å². The number of aryl methyl sites for hydroxylation is 1. The molecule has 0 fully saturated rings. The van der Waals surface area contributed by atoms with Crippen molar-refractivity contribution in [3.8, 4) is 0 Å². The molecule has 0 radical (unpaired) electrons. The summed E-state index contributed by atoms with van der Waals surface area (Å²) in [5.74, 6) is 0. The normalized spacial score (nSPS) is 11.9. The predicted octanol–water partition coefficient (Wildman–Crippen LogP) is 2.05. The molecule has 26 heavy (non-hydrogen) atoms. The van der Waals surface area contributed by atoms with Crippen molar-refractivity contribution in [1.82, 2.24) is 13.7 Å². The molecule has 6 heteroatoms. The zero-order valence-electron chi connectivity index (χ0n) is 15.4. The largest absolute Gasteiger partial charge is 0.337 e. The minimum absolute atomic E-state index is 0.0515. The molecule has 1 aromatic carbocycles. The van der Waals surface area contributed by atoms with Crippen LogP contribution in [0.25, 0.3) is 0 Å². The van der Waals surface area contributed by atoms with Crippen LogP contribution in [0.15, 0.2) is 64.0 Å². The average Bonchev–Trinajstić information content (AvgIpc) is 2.63. The topological polar surface area (TPSA) is 66.0 Å². The van der Waals surface area contributed by atoms with Gasteiger partial charge < -0.3 is 0 Å². The van der Waals surface area contributed by atoms with Gasteiger partial charge in [0, 0.05) is 6.54 Å². The Morgan fingerprint density at radius 3 is 2.27 bits per heavy atom. The van der Waals surface area contributed by atoms with E-state index in [1.165, 1.54) is 6.08 Å². The molecule has 0 bridgehead atoms. The number of rotatable bonds is 8. The third-order valence-corrected chi connectivity index (χ3v) is 4.39. The summed E-state index contributed by atoms with van der Waals surface area (Å²) in [6.45, 7) is 11.6. The minimum atomic E-state index is -0.634. The molecule has 2 aromatic rings. The summed E-state index contributed by atoms with van der Waals surface area (Å²) in [5, 5.41) is 0. The average molecular weight is 355 g/mol. The summed E-state index contributed by atoms with van der Waals surface area (Å²) in [5.41, 5.74) is 0.260. The van der Waals surface area contributed by atoms with Crippen molar-refractivity contribution >= 4 is 0 Å². The first kappa shape index (κ1) is 19.4. The fraction of sp³-hybridized carbons (Fsp3) is 0.350. The molecule has 0 spiro atoms.